The first-order chi connectivity index (χ1) is 15.1. The van der Waals surface area contributed by atoms with Crippen LogP contribution >= 0.6 is 11.3 Å². The first kappa shape index (κ1) is 20.5. The molecule has 0 unspecified atom stereocenters. The Kier molecular flexibility index (Phi) is 6.18. The lowest BCUT2D eigenvalue weighted by molar-refractivity contribution is -0.115. The van der Waals surface area contributed by atoms with Crippen LogP contribution < -0.4 is 10.6 Å². The van der Waals surface area contributed by atoms with Gasteiger partial charge in [0, 0.05) is 35.6 Å². The van der Waals surface area contributed by atoms with Gasteiger partial charge in [-0.2, -0.15) is 0 Å². The molecule has 0 radical (unpaired) electrons. The van der Waals surface area contributed by atoms with Crippen LogP contribution in [0.25, 0.3) is 0 Å². The number of nitrogens with zero attached hydrogens (tertiary/aromatic N) is 3. The minimum Gasteiger partial charge on any atom is -0.331 e. The van der Waals surface area contributed by atoms with E-state index in [1.807, 2.05) is 43.5 Å². The Labute approximate surface area is 183 Å². The molecule has 2 aromatic carbocycles. The van der Waals surface area contributed by atoms with Crippen molar-refractivity contribution in [3.63, 3.8) is 0 Å². The maximum Gasteiger partial charge on any atom is 0.257 e. The number of carbonyl (C=O) groups is 2. The van der Waals surface area contributed by atoms with Crippen molar-refractivity contribution in [2.24, 2.45) is 0 Å². The molecule has 4 aromatic rings. The highest BCUT2D eigenvalue weighted by Crippen LogP contribution is 2.18. The van der Waals surface area contributed by atoms with Gasteiger partial charge in [-0.15, -0.1) is 11.3 Å². The summed E-state index contributed by atoms with van der Waals surface area (Å²) in [6.07, 6.45) is 3.85. The molecule has 0 bridgehead atoms. The van der Waals surface area contributed by atoms with Crippen LogP contribution in [0.5, 0.6) is 0 Å². The van der Waals surface area contributed by atoms with Gasteiger partial charge in [-0.1, -0.05) is 30.3 Å². The lowest BCUT2D eigenvalue weighted by Crippen LogP contribution is -2.15. The molecule has 0 fully saturated rings. The SMILES string of the molecule is Cc1nccn1Cc1ccc(NC(=O)Cc2csc(NC(=O)c3ccccc3)n2)cc1. The van der Waals surface area contributed by atoms with E-state index in [-0.39, 0.29) is 18.2 Å². The van der Waals surface area contributed by atoms with E-state index in [0.29, 0.717) is 16.4 Å². The molecule has 0 atom stereocenters. The smallest absolute Gasteiger partial charge is 0.257 e. The molecule has 8 heteroatoms. The van der Waals surface area contributed by atoms with E-state index in [1.165, 1.54) is 11.3 Å². The zero-order valence-corrected chi connectivity index (χ0v) is 17.7. The summed E-state index contributed by atoms with van der Waals surface area (Å²) in [6, 6.07) is 16.7. The molecule has 156 valence electrons. The lowest BCUT2D eigenvalue weighted by atomic mass is 10.2. The van der Waals surface area contributed by atoms with Gasteiger partial charge in [-0.25, -0.2) is 9.97 Å². The Morgan fingerprint density at radius 1 is 1.03 bits per heavy atom. The summed E-state index contributed by atoms with van der Waals surface area (Å²) in [6.45, 7) is 2.70. The zero-order valence-electron chi connectivity index (χ0n) is 16.9. The van der Waals surface area contributed by atoms with Crippen molar-refractivity contribution in [3.8, 4) is 0 Å². The monoisotopic (exact) mass is 431 g/mol. The molecular formula is C23H21N5O2S. The molecule has 0 aliphatic rings. The van der Waals surface area contributed by atoms with Gasteiger partial charge in [-0.05, 0) is 36.8 Å². The van der Waals surface area contributed by atoms with Crippen LogP contribution in [0.4, 0.5) is 10.8 Å². The molecule has 0 saturated heterocycles. The third-order valence-electron chi connectivity index (χ3n) is 4.66. The number of carbonyl (C=O) groups excluding carboxylic acids is 2. The summed E-state index contributed by atoms with van der Waals surface area (Å²) in [5.74, 6) is 0.571. The second kappa shape index (κ2) is 9.36. The van der Waals surface area contributed by atoms with Crippen LogP contribution in [0.15, 0.2) is 72.4 Å². The second-order valence-electron chi connectivity index (χ2n) is 6.99. The fourth-order valence-corrected chi connectivity index (χ4v) is 3.74. The van der Waals surface area contributed by atoms with Crippen LogP contribution in [0.2, 0.25) is 0 Å². The second-order valence-corrected chi connectivity index (χ2v) is 7.85. The van der Waals surface area contributed by atoms with Crippen molar-refractivity contribution in [2.45, 2.75) is 19.9 Å². The Hall–Kier alpha value is -3.78. The summed E-state index contributed by atoms with van der Waals surface area (Å²) in [4.78, 5) is 33.1. The Morgan fingerprint density at radius 3 is 2.52 bits per heavy atom. The van der Waals surface area contributed by atoms with Crippen molar-refractivity contribution < 1.29 is 9.59 Å². The number of aromatic nitrogens is 3. The van der Waals surface area contributed by atoms with E-state index >= 15 is 0 Å². The molecule has 2 aromatic heterocycles. The number of aryl methyl sites for hydroxylation is 1. The molecule has 0 saturated carbocycles. The summed E-state index contributed by atoms with van der Waals surface area (Å²) < 4.78 is 2.06. The van der Waals surface area contributed by atoms with E-state index in [2.05, 4.69) is 25.2 Å². The van der Waals surface area contributed by atoms with E-state index in [1.54, 1.807) is 35.8 Å². The molecule has 2 N–H and O–H groups in total. The summed E-state index contributed by atoms with van der Waals surface area (Å²) in [5, 5.41) is 7.89. The highest BCUT2D eigenvalue weighted by atomic mass is 32.1. The standard InChI is InChI=1S/C23H21N5O2S/c1-16-24-11-12-28(16)14-17-7-9-19(10-8-17)25-21(29)13-20-15-31-23(26-20)27-22(30)18-5-3-2-4-6-18/h2-12,15H,13-14H2,1H3,(H,25,29)(H,26,27,30). The predicted octanol–water partition coefficient (Wildman–Crippen LogP) is 4.13. The molecule has 2 heterocycles. The molecule has 0 aliphatic heterocycles. The number of thiazole rings is 1. The van der Waals surface area contributed by atoms with Gasteiger partial charge >= 0.3 is 0 Å². The van der Waals surface area contributed by atoms with Gasteiger partial charge in [0.1, 0.15) is 5.82 Å². The van der Waals surface area contributed by atoms with E-state index in [9.17, 15) is 9.59 Å². The Bertz CT molecular complexity index is 1180. The van der Waals surface area contributed by atoms with Gasteiger partial charge in [0.05, 0.1) is 12.1 Å². The number of rotatable bonds is 7. The average Bonchev–Trinajstić information content (AvgIpc) is 3.38. The van der Waals surface area contributed by atoms with Crippen LogP contribution in [0.1, 0.15) is 27.4 Å². The Morgan fingerprint density at radius 2 is 1.81 bits per heavy atom. The highest BCUT2D eigenvalue weighted by Gasteiger charge is 2.11. The minimum atomic E-state index is -0.225. The van der Waals surface area contributed by atoms with Gasteiger partial charge in [0.15, 0.2) is 5.13 Å². The van der Waals surface area contributed by atoms with E-state index < -0.39 is 0 Å². The number of amides is 2. The number of imidazole rings is 1. The molecule has 0 aliphatic carbocycles. The Balaban J connectivity index is 1.30. The molecule has 4 rings (SSSR count). The summed E-state index contributed by atoms with van der Waals surface area (Å²) >= 11 is 1.30. The number of anilines is 2. The van der Waals surface area contributed by atoms with Gasteiger partial charge in [-0.3, -0.25) is 14.9 Å². The van der Waals surface area contributed by atoms with Crippen molar-refractivity contribution >= 4 is 34.0 Å². The topological polar surface area (TPSA) is 88.9 Å². The molecule has 0 spiro atoms. The van der Waals surface area contributed by atoms with Gasteiger partial charge < -0.3 is 9.88 Å². The largest absolute Gasteiger partial charge is 0.331 e. The number of nitrogens with one attached hydrogen (secondary N) is 2. The van der Waals surface area contributed by atoms with Gasteiger partial charge in [0.25, 0.3) is 5.91 Å². The summed E-state index contributed by atoms with van der Waals surface area (Å²) in [5.41, 5.74) is 3.02. The van der Waals surface area contributed by atoms with Crippen molar-refractivity contribution in [1.29, 1.82) is 0 Å². The van der Waals surface area contributed by atoms with E-state index in [0.717, 1.165) is 23.6 Å². The fourth-order valence-electron chi connectivity index (χ4n) is 3.04. The normalized spacial score (nSPS) is 10.6. The third-order valence-corrected chi connectivity index (χ3v) is 5.47. The predicted molar refractivity (Wildman–Crippen MR) is 121 cm³/mol. The van der Waals surface area contributed by atoms with Gasteiger partial charge in [0.2, 0.25) is 5.91 Å². The number of hydrogen-bond donors (Lipinski definition) is 2. The van der Waals surface area contributed by atoms with Crippen LogP contribution in [-0.2, 0) is 17.8 Å². The fraction of sp³-hybridized carbons (Fsp3) is 0.130. The maximum absolute atomic E-state index is 12.4. The quantitative estimate of drug-likeness (QED) is 0.460. The minimum absolute atomic E-state index is 0.133. The van der Waals surface area contributed by atoms with Crippen LogP contribution in [-0.4, -0.2) is 26.3 Å². The first-order valence-corrected chi connectivity index (χ1v) is 10.6. The third kappa shape index (κ3) is 5.43. The molecule has 2 amide bonds. The van der Waals surface area contributed by atoms with Crippen LogP contribution in [0.3, 0.4) is 0 Å². The molecule has 31 heavy (non-hydrogen) atoms. The first-order valence-electron chi connectivity index (χ1n) is 9.74. The molecule has 7 nitrogen and oxygen atoms in total. The number of benzene rings is 2. The van der Waals surface area contributed by atoms with Crippen molar-refractivity contribution in [3.05, 3.63) is 95.0 Å². The lowest BCUT2D eigenvalue weighted by Gasteiger charge is -2.08. The average molecular weight is 432 g/mol. The highest BCUT2D eigenvalue weighted by molar-refractivity contribution is 7.14. The van der Waals surface area contributed by atoms with E-state index in [4.69, 9.17) is 0 Å². The number of hydrogen-bond acceptors (Lipinski definition) is 5. The summed E-state index contributed by atoms with van der Waals surface area (Å²) in [7, 11) is 0. The van der Waals surface area contributed by atoms with Crippen molar-refractivity contribution in [1.82, 2.24) is 14.5 Å². The molecular weight excluding hydrogens is 410 g/mol. The van der Waals surface area contributed by atoms with Crippen molar-refractivity contribution in [2.75, 3.05) is 10.6 Å². The van der Waals surface area contributed by atoms with Crippen LogP contribution in [0, 0.1) is 6.92 Å². The zero-order chi connectivity index (χ0) is 21.6. The maximum atomic E-state index is 12.4.